The second-order valence-electron chi connectivity index (χ2n) is 4.31. The van der Waals surface area contributed by atoms with Crippen LogP contribution in [-0.2, 0) is 4.79 Å². The molecule has 1 unspecified atom stereocenters. The van der Waals surface area contributed by atoms with Gasteiger partial charge in [0.2, 0.25) is 5.91 Å². The van der Waals surface area contributed by atoms with Crippen molar-refractivity contribution >= 4 is 24.2 Å². The molecule has 4 N–H and O–H groups in total. The van der Waals surface area contributed by atoms with Gasteiger partial charge in [-0.25, -0.2) is 0 Å². The van der Waals surface area contributed by atoms with Crippen molar-refractivity contribution in [3.05, 3.63) is 35.9 Å². The number of rotatable bonds is 7. The summed E-state index contributed by atoms with van der Waals surface area (Å²) in [5.74, 6) is -0.316. The predicted molar refractivity (Wildman–Crippen MR) is 81.9 cm³/mol. The molecule has 2 amide bonds. The third-order valence-corrected chi connectivity index (χ3v) is 2.68. The first-order valence-electron chi connectivity index (χ1n) is 6.51. The van der Waals surface area contributed by atoms with E-state index in [-0.39, 0.29) is 24.2 Å². The van der Waals surface area contributed by atoms with Gasteiger partial charge in [-0.05, 0) is 18.6 Å². The Balaban J connectivity index is 0.00000361. The SMILES string of the molecule is CCCC(N)C(=O)NCCNC(=O)c1ccccc1.Cl. The molecule has 0 aromatic heterocycles. The summed E-state index contributed by atoms with van der Waals surface area (Å²) in [6, 6.07) is 8.48. The van der Waals surface area contributed by atoms with Crippen molar-refractivity contribution in [3.63, 3.8) is 0 Å². The monoisotopic (exact) mass is 299 g/mol. The second kappa shape index (κ2) is 10.2. The van der Waals surface area contributed by atoms with E-state index in [0.717, 1.165) is 6.42 Å². The first kappa shape index (κ1) is 18.4. The minimum Gasteiger partial charge on any atom is -0.353 e. The fourth-order valence-corrected chi connectivity index (χ4v) is 1.63. The Morgan fingerprint density at radius 2 is 1.75 bits per heavy atom. The number of amides is 2. The molecule has 0 aliphatic carbocycles. The standard InChI is InChI=1S/C14H21N3O2.ClH/c1-2-6-12(15)14(19)17-10-9-16-13(18)11-7-4-3-5-8-11;/h3-5,7-8,12H,2,6,9-10,15H2,1H3,(H,16,18)(H,17,19);1H. The van der Waals surface area contributed by atoms with E-state index in [1.807, 2.05) is 13.0 Å². The highest BCUT2D eigenvalue weighted by atomic mass is 35.5. The first-order valence-corrected chi connectivity index (χ1v) is 6.51. The predicted octanol–water partition coefficient (Wildman–Crippen LogP) is 1.08. The topological polar surface area (TPSA) is 84.2 Å². The summed E-state index contributed by atoms with van der Waals surface area (Å²) in [7, 11) is 0. The number of hydrogen-bond acceptors (Lipinski definition) is 3. The Labute approximate surface area is 125 Å². The van der Waals surface area contributed by atoms with Crippen LogP contribution in [0, 0.1) is 0 Å². The van der Waals surface area contributed by atoms with Crippen LogP contribution in [-0.4, -0.2) is 30.9 Å². The normalized spacial score (nSPS) is 11.1. The molecule has 0 fully saturated rings. The summed E-state index contributed by atoms with van der Waals surface area (Å²) in [4.78, 5) is 23.2. The second-order valence-corrected chi connectivity index (χ2v) is 4.31. The van der Waals surface area contributed by atoms with E-state index in [1.54, 1.807) is 24.3 Å². The van der Waals surface area contributed by atoms with E-state index < -0.39 is 6.04 Å². The largest absolute Gasteiger partial charge is 0.353 e. The average molecular weight is 300 g/mol. The van der Waals surface area contributed by atoms with Gasteiger partial charge in [-0.3, -0.25) is 9.59 Å². The highest BCUT2D eigenvalue weighted by molar-refractivity contribution is 5.94. The van der Waals surface area contributed by atoms with Crippen LogP contribution in [0.1, 0.15) is 30.1 Å². The number of carbonyl (C=O) groups is 2. The zero-order valence-electron chi connectivity index (χ0n) is 11.6. The maximum atomic E-state index is 11.7. The first-order chi connectivity index (χ1) is 9.15. The number of halogens is 1. The molecule has 0 aliphatic heterocycles. The Kier molecular flexibility index (Phi) is 9.41. The molecular formula is C14H22ClN3O2. The Morgan fingerprint density at radius 3 is 2.35 bits per heavy atom. The minimum absolute atomic E-state index is 0. The van der Waals surface area contributed by atoms with Gasteiger partial charge >= 0.3 is 0 Å². The van der Waals surface area contributed by atoms with Crippen LogP contribution in [0.5, 0.6) is 0 Å². The molecule has 0 aliphatic rings. The summed E-state index contributed by atoms with van der Waals surface area (Å²) < 4.78 is 0. The molecule has 0 radical (unpaired) electrons. The molecule has 0 heterocycles. The van der Waals surface area contributed by atoms with Crippen LogP contribution in [0.3, 0.4) is 0 Å². The fourth-order valence-electron chi connectivity index (χ4n) is 1.63. The molecule has 6 heteroatoms. The molecular weight excluding hydrogens is 278 g/mol. The third kappa shape index (κ3) is 6.54. The van der Waals surface area contributed by atoms with Gasteiger partial charge in [-0.15, -0.1) is 12.4 Å². The van der Waals surface area contributed by atoms with Gasteiger partial charge in [-0.2, -0.15) is 0 Å². The van der Waals surface area contributed by atoms with Gasteiger partial charge in [0.1, 0.15) is 0 Å². The molecule has 5 nitrogen and oxygen atoms in total. The van der Waals surface area contributed by atoms with Crippen molar-refractivity contribution in [1.29, 1.82) is 0 Å². The molecule has 0 saturated heterocycles. The van der Waals surface area contributed by atoms with E-state index in [1.165, 1.54) is 0 Å². The quantitative estimate of drug-likeness (QED) is 0.659. The molecule has 20 heavy (non-hydrogen) atoms. The van der Waals surface area contributed by atoms with Crippen molar-refractivity contribution in [2.75, 3.05) is 13.1 Å². The van der Waals surface area contributed by atoms with E-state index in [4.69, 9.17) is 5.73 Å². The summed E-state index contributed by atoms with van der Waals surface area (Å²) in [5, 5.41) is 5.43. The fraction of sp³-hybridized carbons (Fsp3) is 0.429. The number of nitrogens with two attached hydrogens (primary N) is 1. The van der Waals surface area contributed by atoms with E-state index in [2.05, 4.69) is 10.6 Å². The minimum atomic E-state index is -0.463. The van der Waals surface area contributed by atoms with Crippen molar-refractivity contribution in [3.8, 4) is 0 Å². The molecule has 1 aromatic rings. The summed E-state index contributed by atoms with van der Waals surface area (Å²) in [6.45, 7) is 2.75. The lowest BCUT2D eigenvalue weighted by atomic mass is 10.2. The van der Waals surface area contributed by atoms with E-state index in [0.29, 0.717) is 25.1 Å². The lowest BCUT2D eigenvalue weighted by Crippen LogP contribution is -2.43. The van der Waals surface area contributed by atoms with Gasteiger partial charge in [-0.1, -0.05) is 31.5 Å². The van der Waals surface area contributed by atoms with Gasteiger partial charge in [0, 0.05) is 18.7 Å². The summed E-state index contributed by atoms with van der Waals surface area (Å²) in [6.07, 6.45) is 1.54. The van der Waals surface area contributed by atoms with Crippen molar-refractivity contribution in [2.45, 2.75) is 25.8 Å². The summed E-state index contributed by atoms with van der Waals surface area (Å²) >= 11 is 0. The Morgan fingerprint density at radius 1 is 1.15 bits per heavy atom. The van der Waals surface area contributed by atoms with Gasteiger partial charge < -0.3 is 16.4 Å². The molecule has 0 saturated carbocycles. The van der Waals surface area contributed by atoms with Crippen LogP contribution < -0.4 is 16.4 Å². The maximum absolute atomic E-state index is 11.7. The maximum Gasteiger partial charge on any atom is 0.251 e. The molecule has 0 spiro atoms. The van der Waals surface area contributed by atoms with Crippen LogP contribution >= 0.6 is 12.4 Å². The zero-order chi connectivity index (χ0) is 14.1. The van der Waals surface area contributed by atoms with Crippen molar-refractivity contribution in [2.24, 2.45) is 5.73 Å². The van der Waals surface area contributed by atoms with Crippen LogP contribution in [0.2, 0.25) is 0 Å². The van der Waals surface area contributed by atoms with Crippen LogP contribution in [0.4, 0.5) is 0 Å². The van der Waals surface area contributed by atoms with E-state index in [9.17, 15) is 9.59 Å². The average Bonchev–Trinajstić information content (AvgIpc) is 2.44. The van der Waals surface area contributed by atoms with E-state index >= 15 is 0 Å². The zero-order valence-corrected chi connectivity index (χ0v) is 12.4. The van der Waals surface area contributed by atoms with Gasteiger partial charge in [0.25, 0.3) is 5.91 Å². The summed E-state index contributed by atoms with van der Waals surface area (Å²) in [5.41, 5.74) is 6.27. The van der Waals surface area contributed by atoms with Gasteiger partial charge in [0.05, 0.1) is 6.04 Å². The highest BCUT2D eigenvalue weighted by Crippen LogP contribution is 1.97. The Bertz CT molecular complexity index is 412. The third-order valence-electron chi connectivity index (χ3n) is 2.68. The van der Waals surface area contributed by atoms with Crippen LogP contribution in [0.15, 0.2) is 30.3 Å². The molecule has 1 atom stereocenters. The lowest BCUT2D eigenvalue weighted by molar-refractivity contribution is -0.122. The number of carbonyl (C=O) groups excluding carboxylic acids is 2. The smallest absolute Gasteiger partial charge is 0.251 e. The van der Waals surface area contributed by atoms with Crippen molar-refractivity contribution < 1.29 is 9.59 Å². The molecule has 0 bridgehead atoms. The Hall–Kier alpha value is -1.59. The van der Waals surface area contributed by atoms with Gasteiger partial charge in [0.15, 0.2) is 0 Å². The number of benzene rings is 1. The van der Waals surface area contributed by atoms with Crippen molar-refractivity contribution in [1.82, 2.24) is 10.6 Å². The highest BCUT2D eigenvalue weighted by Gasteiger charge is 2.11. The number of hydrogen-bond donors (Lipinski definition) is 3. The molecule has 1 rings (SSSR count). The molecule has 112 valence electrons. The lowest BCUT2D eigenvalue weighted by Gasteiger charge is -2.11. The number of nitrogens with one attached hydrogen (secondary N) is 2. The molecule has 1 aromatic carbocycles. The van der Waals surface area contributed by atoms with Crippen LogP contribution in [0.25, 0.3) is 0 Å².